The van der Waals surface area contributed by atoms with Gasteiger partial charge in [0.1, 0.15) is 11.3 Å². The quantitative estimate of drug-likeness (QED) is 0.303. The minimum absolute atomic E-state index is 0.0191. The van der Waals surface area contributed by atoms with Crippen molar-refractivity contribution in [3.05, 3.63) is 60.2 Å². The van der Waals surface area contributed by atoms with Gasteiger partial charge in [0.15, 0.2) is 5.78 Å². The monoisotopic (exact) mass is 552 g/mol. The average molecular weight is 552 g/mol. The van der Waals surface area contributed by atoms with Crippen molar-refractivity contribution in [3.63, 3.8) is 0 Å². The number of nitrogens with zero attached hydrogens (tertiary/aromatic N) is 2. The zero-order valence-corrected chi connectivity index (χ0v) is 22.5. The molecule has 3 heterocycles. The van der Waals surface area contributed by atoms with Crippen molar-refractivity contribution in [3.8, 4) is 0 Å². The van der Waals surface area contributed by atoms with E-state index in [9.17, 15) is 24.0 Å². The molecule has 4 atom stereocenters. The minimum atomic E-state index is -3.07. The summed E-state index contributed by atoms with van der Waals surface area (Å²) < 4.78 is 21.9. The van der Waals surface area contributed by atoms with Gasteiger partial charge in [-0.2, -0.15) is 0 Å². The summed E-state index contributed by atoms with van der Waals surface area (Å²) in [5.74, 6) is -4.32. The topological polar surface area (TPSA) is 160 Å². The van der Waals surface area contributed by atoms with Crippen LogP contribution in [0.25, 0.3) is 0 Å². The molecule has 0 aliphatic carbocycles. The number of nitrogens with one attached hydrogen (secondary N) is 1. The Hall–Kier alpha value is -4.13. The van der Waals surface area contributed by atoms with Gasteiger partial charge in [-0.05, 0) is 24.3 Å². The molecule has 40 heavy (non-hydrogen) atoms. The Balaban J connectivity index is 1.62. The number of fused-ring (bicyclic) bond motifs is 2. The summed E-state index contributed by atoms with van der Waals surface area (Å²) >= 11 is 0. The lowest BCUT2D eigenvalue weighted by Gasteiger charge is -2.46. The van der Waals surface area contributed by atoms with Crippen molar-refractivity contribution in [2.45, 2.75) is 63.4 Å². The van der Waals surface area contributed by atoms with E-state index >= 15 is 0 Å². The highest BCUT2D eigenvalue weighted by Crippen LogP contribution is 2.48. The van der Waals surface area contributed by atoms with Crippen LogP contribution in [0.1, 0.15) is 55.6 Å². The van der Waals surface area contributed by atoms with Gasteiger partial charge in [0.2, 0.25) is 0 Å². The number of amides is 1. The summed E-state index contributed by atoms with van der Waals surface area (Å²) in [7, 11) is 1.15. The first-order valence-electron chi connectivity index (χ1n) is 13.1. The van der Waals surface area contributed by atoms with Gasteiger partial charge in [-0.15, -0.1) is 0 Å². The minimum Gasteiger partial charge on any atom is -0.633 e. The normalized spacial score (nSPS) is 23.1. The van der Waals surface area contributed by atoms with E-state index in [1.54, 1.807) is 0 Å². The number of rotatable bonds is 12. The number of aromatic nitrogens is 2. The van der Waals surface area contributed by atoms with Gasteiger partial charge in [-0.1, -0.05) is 56.4 Å². The molecule has 2 saturated heterocycles. The van der Waals surface area contributed by atoms with E-state index in [4.69, 9.17) is 18.7 Å². The van der Waals surface area contributed by atoms with Crippen LogP contribution in [-0.4, -0.2) is 65.1 Å². The standard InChI is InChI=1S/C27H31BN3O9/c1-17(2)11-19(28-38-24(34)15-27(40-28,26(36)39-28)14-23(33)37-3)13-22(32)20(12-18-7-5-4-6-8-18)31-25(35)21-16-29-9-10-30-21/h4-10,16-17,19-20H,11-15H2,1-3H3,(H,31,35)/q-1/t19?,20-,27-,28?/m0/s1. The van der Waals surface area contributed by atoms with Crippen LogP contribution >= 0.6 is 0 Å². The molecular formula is C27H31BN3O9-. The van der Waals surface area contributed by atoms with Crippen molar-refractivity contribution in [2.75, 3.05) is 7.11 Å². The Morgan fingerprint density at radius 1 is 1.12 bits per heavy atom. The molecule has 4 rings (SSSR count). The van der Waals surface area contributed by atoms with E-state index in [1.165, 1.54) is 18.6 Å². The summed E-state index contributed by atoms with van der Waals surface area (Å²) in [6.07, 6.45) is 3.25. The van der Waals surface area contributed by atoms with Gasteiger partial charge in [0.05, 0.1) is 32.2 Å². The number of carbonyl (C=O) groups excluding carboxylic acids is 5. The van der Waals surface area contributed by atoms with E-state index in [1.807, 2.05) is 44.2 Å². The van der Waals surface area contributed by atoms with Crippen molar-refractivity contribution in [1.82, 2.24) is 15.3 Å². The lowest BCUT2D eigenvalue weighted by Crippen LogP contribution is -2.56. The van der Waals surface area contributed by atoms with Crippen LogP contribution in [0.5, 0.6) is 0 Å². The maximum absolute atomic E-state index is 13.8. The zero-order chi connectivity index (χ0) is 28.9. The third kappa shape index (κ3) is 6.36. The number of hydrogen-bond acceptors (Lipinski definition) is 11. The van der Waals surface area contributed by atoms with E-state index in [0.717, 1.165) is 12.7 Å². The number of hydrogen-bond donors (Lipinski definition) is 1. The number of esters is 1. The highest BCUT2D eigenvalue weighted by atomic mass is 16.8. The maximum atomic E-state index is 13.8. The summed E-state index contributed by atoms with van der Waals surface area (Å²) in [6, 6.07) is 8.14. The SMILES string of the molecule is COC(=O)C[C@]12CC(=O)O[B-](C(CC(=O)[C@H](Cc3ccccc3)NC(=O)c3cnccn3)CC(C)C)(OC1=O)O2. The van der Waals surface area contributed by atoms with Gasteiger partial charge in [-0.3, -0.25) is 29.0 Å². The van der Waals surface area contributed by atoms with Gasteiger partial charge in [0, 0.05) is 12.4 Å². The molecule has 0 spiro atoms. The molecule has 0 saturated carbocycles. The molecule has 2 aliphatic heterocycles. The predicted molar refractivity (Wildman–Crippen MR) is 139 cm³/mol. The van der Waals surface area contributed by atoms with E-state index in [-0.39, 0.29) is 30.9 Å². The first-order chi connectivity index (χ1) is 19.1. The van der Waals surface area contributed by atoms with Crippen LogP contribution < -0.4 is 5.32 Å². The highest BCUT2D eigenvalue weighted by molar-refractivity contribution is 6.68. The van der Waals surface area contributed by atoms with Gasteiger partial charge in [0.25, 0.3) is 17.8 Å². The number of methoxy groups -OCH3 is 1. The summed E-state index contributed by atoms with van der Waals surface area (Å²) in [4.78, 5) is 72.4. The molecule has 2 unspecified atom stereocenters. The number of ketones is 1. The second kappa shape index (κ2) is 11.9. The molecule has 13 heteroatoms. The number of carbonyl (C=O) groups is 5. The first-order valence-corrected chi connectivity index (χ1v) is 13.1. The maximum Gasteiger partial charge on any atom is 0.499 e. The smallest absolute Gasteiger partial charge is 0.499 e. The zero-order valence-electron chi connectivity index (χ0n) is 22.5. The fourth-order valence-corrected chi connectivity index (χ4v) is 5.18. The molecule has 212 valence electrons. The Morgan fingerprint density at radius 2 is 1.88 bits per heavy atom. The Bertz CT molecular complexity index is 1280. The number of benzene rings is 1. The number of ether oxygens (including phenoxy) is 1. The molecule has 1 N–H and O–H groups in total. The molecular weight excluding hydrogens is 521 g/mol. The number of Topliss-reactive ketones (excluding diaryl/α,β-unsaturated/α-hetero) is 1. The van der Waals surface area contributed by atoms with Crippen LogP contribution in [0.2, 0.25) is 5.82 Å². The molecule has 2 bridgehead atoms. The predicted octanol–water partition coefficient (Wildman–Crippen LogP) is 1.95. The largest absolute Gasteiger partial charge is 0.633 e. The molecule has 2 fully saturated rings. The second-order valence-electron chi connectivity index (χ2n) is 10.5. The van der Waals surface area contributed by atoms with Crippen LogP contribution in [0.3, 0.4) is 0 Å². The first kappa shape index (κ1) is 28.9. The third-order valence-corrected chi connectivity index (χ3v) is 7.00. The average Bonchev–Trinajstić information content (AvgIpc) is 3.13. The molecule has 1 aromatic carbocycles. The van der Waals surface area contributed by atoms with Crippen molar-refractivity contribution >= 4 is 36.4 Å². The van der Waals surface area contributed by atoms with Crippen LogP contribution in [-0.2, 0) is 44.3 Å². The molecule has 2 aliphatic rings. The Labute approximate surface area is 231 Å². The Morgan fingerprint density at radius 3 is 2.52 bits per heavy atom. The van der Waals surface area contributed by atoms with Crippen LogP contribution in [0.4, 0.5) is 0 Å². The molecule has 12 nitrogen and oxygen atoms in total. The lowest BCUT2D eigenvalue weighted by atomic mass is 9.57. The summed E-state index contributed by atoms with van der Waals surface area (Å²) in [6.45, 7) is 0.722. The van der Waals surface area contributed by atoms with Gasteiger partial charge >= 0.3 is 12.7 Å². The van der Waals surface area contributed by atoms with Gasteiger partial charge in [-0.25, -0.2) is 4.98 Å². The Kier molecular flexibility index (Phi) is 8.62. The van der Waals surface area contributed by atoms with E-state index in [0.29, 0.717) is 0 Å². The van der Waals surface area contributed by atoms with E-state index in [2.05, 4.69) is 15.3 Å². The highest BCUT2D eigenvalue weighted by Gasteiger charge is 2.64. The fourth-order valence-electron chi connectivity index (χ4n) is 5.18. The molecule has 1 amide bonds. The van der Waals surface area contributed by atoms with Gasteiger partial charge < -0.3 is 24.0 Å². The lowest BCUT2D eigenvalue weighted by molar-refractivity contribution is -0.161. The van der Waals surface area contributed by atoms with Crippen molar-refractivity contribution in [1.29, 1.82) is 0 Å². The molecule has 0 radical (unpaired) electrons. The van der Waals surface area contributed by atoms with Crippen molar-refractivity contribution < 1.29 is 42.7 Å². The second-order valence-corrected chi connectivity index (χ2v) is 10.5. The van der Waals surface area contributed by atoms with Crippen LogP contribution in [0, 0.1) is 5.92 Å². The van der Waals surface area contributed by atoms with Crippen molar-refractivity contribution in [2.24, 2.45) is 5.92 Å². The third-order valence-electron chi connectivity index (χ3n) is 7.00. The summed E-state index contributed by atoms with van der Waals surface area (Å²) in [5.41, 5.74) is -1.05. The van der Waals surface area contributed by atoms with Crippen LogP contribution in [0.15, 0.2) is 48.9 Å². The molecule has 1 aromatic heterocycles. The molecule has 2 aromatic rings. The fraction of sp³-hybridized carbons (Fsp3) is 0.444. The van der Waals surface area contributed by atoms with E-state index < -0.39 is 66.7 Å². The summed E-state index contributed by atoms with van der Waals surface area (Å²) in [5, 5.41) is 2.74.